The van der Waals surface area contributed by atoms with Crippen molar-refractivity contribution in [3.63, 3.8) is 0 Å². The molecule has 7 heteroatoms. The second kappa shape index (κ2) is 12.8. The van der Waals surface area contributed by atoms with Crippen LogP contribution in [0.15, 0.2) is 95.5 Å². The summed E-state index contributed by atoms with van der Waals surface area (Å²) in [6.45, 7) is 4.79. The Morgan fingerprint density at radius 2 is 1.59 bits per heavy atom. The SMILES string of the molecule is CCOc1cc(CNc2ccc(Oc3ccccc3)cc2)cc(Br)c1OCC(=O)Nc1cccc(C)c1. The maximum Gasteiger partial charge on any atom is 0.262 e. The highest BCUT2D eigenvalue weighted by Crippen LogP contribution is 2.37. The van der Waals surface area contributed by atoms with Crippen LogP contribution in [-0.4, -0.2) is 19.1 Å². The van der Waals surface area contributed by atoms with E-state index in [9.17, 15) is 4.79 Å². The fourth-order valence-electron chi connectivity index (χ4n) is 3.65. The molecule has 0 radical (unpaired) electrons. The van der Waals surface area contributed by atoms with Crippen LogP contribution in [0.2, 0.25) is 0 Å². The van der Waals surface area contributed by atoms with Crippen molar-refractivity contribution in [2.24, 2.45) is 0 Å². The van der Waals surface area contributed by atoms with Crippen LogP contribution in [-0.2, 0) is 11.3 Å². The van der Waals surface area contributed by atoms with Gasteiger partial charge in [0, 0.05) is 17.9 Å². The zero-order valence-electron chi connectivity index (χ0n) is 20.8. The predicted octanol–water partition coefficient (Wildman–Crippen LogP) is 7.58. The van der Waals surface area contributed by atoms with Gasteiger partial charge >= 0.3 is 0 Å². The van der Waals surface area contributed by atoms with Crippen molar-refractivity contribution >= 4 is 33.2 Å². The molecule has 0 fully saturated rings. The second-order valence-electron chi connectivity index (χ2n) is 8.34. The average Bonchev–Trinajstić information content (AvgIpc) is 2.88. The van der Waals surface area contributed by atoms with E-state index in [1.54, 1.807) is 0 Å². The lowest BCUT2D eigenvalue weighted by Gasteiger charge is -2.16. The number of para-hydroxylation sites is 1. The minimum Gasteiger partial charge on any atom is -0.490 e. The van der Waals surface area contributed by atoms with Gasteiger partial charge in [-0.05, 0) is 102 Å². The van der Waals surface area contributed by atoms with E-state index in [1.807, 2.05) is 105 Å². The first-order valence-electron chi connectivity index (χ1n) is 12.0. The van der Waals surface area contributed by atoms with Gasteiger partial charge < -0.3 is 24.8 Å². The molecule has 0 heterocycles. The Morgan fingerprint density at radius 1 is 0.838 bits per heavy atom. The summed E-state index contributed by atoms with van der Waals surface area (Å²) in [6, 6.07) is 29.0. The molecule has 0 saturated carbocycles. The molecule has 0 aromatic heterocycles. The first-order chi connectivity index (χ1) is 18.0. The van der Waals surface area contributed by atoms with Crippen molar-refractivity contribution in [3.8, 4) is 23.0 Å². The fourth-order valence-corrected chi connectivity index (χ4v) is 4.26. The van der Waals surface area contributed by atoms with Crippen molar-refractivity contribution in [2.75, 3.05) is 23.8 Å². The third-order valence-electron chi connectivity index (χ3n) is 5.35. The third kappa shape index (κ3) is 7.75. The van der Waals surface area contributed by atoms with Crippen LogP contribution in [0.3, 0.4) is 0 Å². The largest absolute Gasteiger partial charge is 0.490 e. The molecule has 0 unspecified atom stereocenters. The van der Waals surface area contributed by atoms with Crippen LogP contribution in [0.5, 0.6) is 23.0 Å². The topological polar surface area (TPSA) is 68.8 Å². The number of aryl methyl sites for hydroxylation is 1. The first-order valence-corrected chi connectivity index (χ1v) is 12.8. The van der Waals surface area contributed by atoms with E-state index < -0.39 is 0 Å². The number of amides is 1. The molecule has 4 rings (SSSR count). The van der Waals surface area contributed by atoms with Crippen LogP contribution in [0.1, 0.15) is 18.1 Å². The monoisotopic (exact) mass is 560 g/mol. The summed E-state index contributed by atoms with van der Waals surface area (Å²) >= 11 is 3.58. The number of hydrogen-bond donors (Lipinski definition) is 2. The molecular weight excluding hydrogens is 532 g/mol. The van der Waals surface area contributed by atoms with Crippen molar-refractivity contribution in [1.82, 2.24) is 0 Å². The molecule has 0 aliphatic rings. The van der Waals surface area contributed by atoms with Crippen LogP contribution in [0.25, 0.3) is 0 Å². The van der Waals surface area contributed by atoms with Crippen LogP contribution >= 0.6 is 15.9 Å². The minimum absolute atomic E-state index is 0.137. The van der Waals surface area contributed by atoms with Gasteiger partial charge in [-0.2, -0.15) is 0 Å². The lowest BCUT2D eigenvalue weighted by atomic mass is 10.2. The average molecular weight is 561 g/mol. The van der Waals surface area contributed by atoms with E-state index in [1.165, 1.54) is 0 Å². The van der Waals surface area contributed by atoms with Gasteiger partial charge in [0.2, 0.25) is 0 Å². The summed E-state index contributed by atoms with van der Waals surface area (Å²) in [5.74, 6) is 2.39. The Morgan fingerprint density at radius 3 is 2.32 bits per heavy atom. The van der Waals surface area contributed by atoms with Crippen molar-refractivity contribution in [2.45, 2.75) is 20.4 Å². The van der Waals surface area contributed by atoms with E-state index in [2.05, 4.69) is 26.6 Å². The Bertz CT molecular complexity index is 1330. The lowest BCUT2D eigenvalue weighted by Crippen LogP contribution is -2.20. The van der Waals surface area contributed by atoms with Gasteiger partial charge in [0.25, 0.3) is 5.91 Å². The van der Waals surface area contributed by atoms with Gasteiger partial charge in [-0.1, -0.05) is 30.3 Å². The number of nitrogens with one attached hydrogen (secondary N) is 2. The molecule has 2 N–H and O–H groups in total. The van der Waals surface area contributed by atoms with Gasteiger partial charge in [-0.15, -0.1) is 0 Å². The number of rotatable bonds is 11. The smallest absolute Gasteiger partial charge is 0.262 e. The highest BCUT2D eigenvalue weighted by molar-refractivity contribution is 9.10. The van der Waals surface area contributed by atoms with E-state index in [4.69, 9.17) is 14.2 Å². The molecule has 1 amide bonds. The summed E-state index contributed by atoms with van der Waals surface area (Å²) in [5.41, 5.74) is 3.76. The molecule has 0 bridgehead atoms. The van der Waals surface area contributed by atoms with Gasteiger partial charge in [0.05, 0.1) is 11.1 Å². The molecule has 0 atom stereocenters. The Labute approximate surface area is 225 Å². The van der Waals surface area contributed by atoms with Crippen LogP contribution in [0.4, 0.5) is 11.4 Å². The molecule has 190 valence electrons. The maximum atomic E-state index is 12.4. The summed E-state index contributed by atoms with van der Waals surface area (Å²) in [5, 5.41) is 6.27. The molecule has 0 saturated heterocycles. The van der Waals surface area contributed by atoms with Gasteiger partial charge in [-0.25, -0.2) is 0 Å². The summed E-state index contributed by atoms with van der Waals surface area (Å²) in [6.07, 6.45) is 0. The Kier molecular flexibility index (Phi) is 9.05. The van der Waals surface area contributed by atoms with E-state index in [0.717, 1.165) is 34.0 Å². The van der Waals surface area contributed by atoms with Crippen molar-refractivity contribution < 1.29 is 19.0 Å². The number of carbonyl (C=O) groups excluding carboxylic acids is 1. The third-order valence-corrected chi connectivity index (χ3v) is 5.94. The molecular formula is C30H29BrN2O4. The quantitative estimate of drug-likeness (QED) is 0.198. The first kappa shape index (κ1) is 26.1. The summed E-state index contributed by atoms with van der Waals surface area (Å²) in [4.78, 5) is 12.4. The number of hydrogen-bond acceptors (Lipinski definition) is 5. The molecule has 6 nitrogen and oxygen atoms in total. The molecule has 0 aliphatic heterocycles. The maximum absolute atomic E-state index is 12.4. The van der Waals surface area contributed by atoms with Gasteiger partial charge in [-0.3, -0.25) is 4.79 Å². The Hall–Kier alpha value is -3.97. The molecule has 0 aliphatic carbocycles. The number of halogens is 1. The standard InChI is InChI=1S/C30H29BrN2O4/c1-3-35-28-18-22(19-32-23-12-14-26(15-13-23)37-25-10-5-4-6-11-25)17-27(31)30(28)36-20-29(34)33-24-9-7-8-21(2)16-24/h4-18,32H,3,19-20H2,1-2H3,(H,33,34). The number of carbonyl (C=O) groups is 1. The zero-order chi connectivity index (χ0) is 26.0. The molecule has 4 aromatic carbocycles. The minimum atomic E-state index is -0.245. The molecule has 37 heavy (non-hydrogen) atoms. The summed E-state index contributed by atoms with van der Waals surface area (Å²) < 4.78 is 18.2. The fraction of sp³-hybridized carbons (Fsp3) is 0.167. The van der Waals surface area contributed by atoms with Crippen molar-refractivity contribution in [1.29, 1.82) is 0 Å². The highest BCUT2D eigenvalue weighted by Gasteiger charge is 2.14. The Balaban J connectivity index is 1.36. The lowest BCUT2D eigenvalue weighted by molar-refractivity contribution is -0.118. The number of anilines is 2. The normalized spacial score (nSPS) is 10.5. The number of benzene rings is 4. The predicted molar refractivity (Wildman–Crippen MR) is 151 cm³/mol. The van der Waals surface area contributed by atoms with E-state index in [0.29, 0.717) is 29.1 Å². The molecule has 0 spiro atoms. The van der Waals surface area contributed by atoms with E-state index in [-0.39, 0.29) is 12.5 Å². The highest BCUT2D eigenvalue weighted by atomic mass is 79.9. The van der Waals surface area contributed by atoms with Crippen molar-refractivity contribution in [3.05, 3.63) is 107 Å². The molecule has 4 aromatic rings. The van der Waals surface area contributed by atoms with Gasteiger partial charge in [0.15, 0.2) is 18.1 Å². The number of ether oxygens (including phenoxy) is 3. The van der Waals surface area contributed by atoms with Crippen LogP contribution < -0.4 is 24.8 Å². The second-order valence-corrected chi connectivity index (χ2v) is 9.19. The van der Waals surface area contributed by atoms with Crippen LogP contribution in [0, 0.1) is 6.92 Å². The van der Waals surface area contributed by atoms with E-state index >= 15 is 0 Å². The zero-order valence-corrected chi connectivity index (χ0v) is 22.4. The summed E-state index contributed by atoms with van der Waals surface area (Å²) in [7, 11) is 0. The van der Waals surface area contributed by atoms with Gasteiger partial charge in [0.1, 0.15) is 11.5 Å².